The Bertz CT molecular complexity index is 1210. The standard InChI is InChI=1S/C28H35N5OS/c1-18-17-30-28(29-13-3-4-19-11-14-33(15-12-19)21-9-10-21)32-26(18)25-16-23-22(5-2-6-24(23)35-25)27(34)31-20-7-8-20/h2,5-6,16-17,19-21H,3-4,7-15H2,1H3,(H,31,34)(H,29,30,32). The Balaban J connectivity index is 1.09. The van der Waals surface area contributed by atoms with Gasteiger partial charge in [-0.25, -0.2) is 9.97 Å². The van der Waals surface area contributed by atoms with Crippen LogP contribution in [-0.4, -0.2) is 52.5 Å². The van der Waals surface area contributed by atoms with Crippen molar-refractivity contribution in [3.8, 4) is 10.6 Å². The van der Waals surface area contributed by atoms with Crippen molar-refractivity contribution in [2.75, 3.05) is 25.0 Å². The van der Waals surface area contributed by atoms with E-state index in [1.165, 1.54) is 45.2 Å². The lowest BCUT2D eigenvalue weighted by Crippen LogP contribution is -2.35. The third-order valence-corrected chi connectivity index (χ3v) is 8.82. The fourth-order valence-corrected chi connectivity index (χ4v) is 6.42. The normalized spacial score (nSPS) is 19.2. The van der Waals surface area contributed by atoms with Crippen LogP contribution in [0, 0.1) is 12.8 Å². The van der Waals surface area contributed by atoms with Gasteiger partial charge in [0.15, 0.2) is 0 Å². The van der Waals surface area contributed by atoms with E-state index < -0.39 is 0 Å². The van der Waals surface area contributed by atoms with Gasteiger partial charge in [-0.05, 0) is 101 Å². The van der Waals surface area contributed by atoms with Crippen molar-refractivity contribution in [1.82, 2.24) is 20.2 Å². The van der Waals surface area contributed by atoms with Crippen molar-refractivity contribution in [3.63, 3.8) is 0 Å². The predicted molar refractivity (Wildman–Crippen MR) is 143 cm³/mol. The second-order valence-electron chi connectivity index (χ2n) is 10.6. The van der Waals surface area contributed by atoms with Gasteiger partial charge >= 0.3 is 0 Å². The SMILES string of the molecule is Cc1cnc(NCCCC2CCN(C3CC3)CC2)nc1-c1cc2c(C(=O)NC3CC3)cccc2s1. The van der Waals surface area contributed by atoms with Crippen molar-refractivity contribution in [2.24, 2.45) is 5.92 Å². The number of aryl methyl sites for hydroxylation is 1. The number of fused-ring (bicyclic) bond motifs is 1. The lowest BCUT2D eigenvalue weighted by Gasteiger charge is -2.32. The molecule has 3 aromatic rings. The lowest BCUT2D eigenvalue weighted by molar-refractivity contribution is 0.0952. The Morgan fingerprint density at radius 1 is 1.14 bits per heavy atom. The average molecular weight is 490 g/mol. The fraction of sp³-hybridized carbons (Fsp3) is 0.536. The van der Waals surface area contributed by atoms with Crippen LogP contribution in [0.15, 0.2) is 30.5 Å². The molecular weight excluding hydrogens is 454 g/mol. The molecule has 184 valence electrons. The quantitative estimate of drug-likeness (QED) is 0.382. The molecule has 6 nitrogen and oxygen atoms in total. The molecule has 2 aromatic heterocycles. The first-order valence-electron chi connectivity index (χ1n) is 13.3. The molecule has 7 heteroatoms. The van der Waals surface area contributed by atoms with Gasteiger partial charge in [-0.1, -0.05) is 6.07 Å². The summed E-state index contributed by atoms with van der Waals surface area (Å²) in [6.07, 6.45) is 12.1. The minimum absolute atomic E-state index is 0.0300. The van der Waals surface area contributed by atoms with Crippen LogP contribution in [0.5, 0.6) is 0 Å². The van der Waals surface area contributed by atoms with Gasteiger partial charge in [0.2, 0.25) is 5.95 Å². The first-order valence-corrected chi connectivity index (χ1v) is 14.1. The maximum Gasteiger partial charge on any atom is 0.252 e. The number of hydrogen-bond acceptors (Lipinski definition) is 6. The van der Waals surface area contributed by atoms with Gasteiger partial charge < -0.3 is 15.5 Å². The van der Waals surface area contributed by atoms with E-state index >= 15 is 0 Å². The summed E-state index contributed by atoms with van der Waals surface area (Å²) >= 11 is 1.69. The number of rotatable bonds is 9. The zero-order valence-electron chi connectivity index (χ0n) is 20.6. The van der Waals surface area contributed by atoms with Crippen LogP contribution >= 0.6 is 11.3 Å². The summed E-state index contributed by atoms with van der Waals surface area (Å²) in [5.41, 5.74) is 2.75. The summed E-state index contributed by atoms with van der Waals surface area (Å²) in [5, 5.41) is 7.59. The van der Waals surface area contributed by atoms with Crippen molar-refractivity contribution < 1.29 is 4.79 Å². The highest BCUT2D eigenvalue weighted by molar-refractivity contribution is 7.22. The summed E-state index contributed by atoms with van der Waals surface area (Å²) in [6, 6.07) is 9.37. The number of aromatic nitrogens is 2. The maximum atomic E-state index is 12.7. The van der Waals surface area contributed by atoms with E-state index in [2.05, 4.69) is 39.6 Å². The van der Waals surface area contributed by atoms with Crippen LogP contribution in [0.2, 0.25) is 0 Å². The number of nitrogens with one attached hydrogen (secondary N) is 2. The van der Waals surface area contributed by atoms with Crippen molar-refractivity contribution in [3.05, 3.63) is 41.6 Å². The van der Waals surface area contributed by atoms with E-state index in [4.69, 9.17) is 4.98 Å². The van der Waals surface area contributed by atoms with Crippen LogP contribution in [0.25, 0.3) is 20.7 Å². The zero-order valence-corrected chi connectivity index (χ0v) is 21.4. The molecule has 1 aromatic carbocycles. The summed E-state index contributed by atoms with van der Waals surface area (Å²) in [4.78, 5) is 25.9. The maximum absolute atomic E-state index is 12.7. The minimum atomic E-state index is 0.0300. The molecule has 0 unspecified atom stereocenters. The topological polar surface area (TPSA) is 70.2 Å². The fourth-order valence-electron chi connectivity index (χ4n) is 5.28. The molecular formula is C28H35N5OS. The van der Waals surface area contributed by atoms with E-state index in [0.29, 0.717) is 12.0 Å². The third kappa shape index (κ3) is 5.36. The zero-order chi connectivity index (χ0) is 23.8. The van der Waals surface area contributed by atoms with Crippen LogP contribution in [0.3, 0.4) is 0 Å². The molecule has 0 radical (unpaired) electrons. The van der Waals surface area contributed by atoms with Gasteiger partial charge in [0, 0.05) is 40.5 Å². The minimum Gasteiger partial charge on any atom is -0.354 e. The average Bonchev–Trinajstić information content (AvgIpc) is 3.81. The number of nitrogens with zero attached hydrogens (tertiary/aromatic N) is 3. The smallest absolute Gasteiger partial charge is 0.252 e. The number of thiophene rings is 1. The van der Waals surface area contributed by atoms with Gasteiger partial charge in [0.1, 0.15) is 0 Å². The van der Waals surface area contributed by atoms with Gasteiger partial charge in [-0.2, -0.15) is 0 Å². The Kier molecular flexibility index (Phi) is 6.46. The van der Waals surface area contributed by atoms with Crippen LogP contribution in [0.4, 0.5) is 5.95 Å². The van der Waals surface area contributed by atoms with Crippen LogP contribution < -0.4 is 10.6 Å². The number of carbonyl (C=O) groups is 1. The second kappa shape index (κ2) is 9.86. The van der Waals surface area contributed by atoms with E-state index in [9.17, 15) is 4.79 Å². The number of likely N-dealkylation sites (tertiary alicyclic amines) is 1. The molecule has 6 rings (SSSR count). The molecule has 1 amide bonds. The highest BCUT2D eigenvalue weighted by atomic mass is 32.1. The first-order chi connectivity index (χ1) is 17.1. The molecule has 0 atom stereocenters. The number of piperidine rings is 1. The summed E-state index contributed by atoms with van der Waals surface area (Å²) in [6.45, 7) is 5.56. The highest BCUT2D eigenvalue weighted by Gasteiger charge is 2.31. The van der Waals surface area contributed by atoms with E-state index in [1.54, 1.807) is 11.3 Å². The molecule has 2 aliphatic carbocycles. The monoisotopic (exact) mass is 489 g/mol. The Morgan fingerprint density at radius 3 is 2.74 bits per heavy atom. The Hall–Kier alpha value is -2.51. The number of carbonyl (C=O) groups excluding carboxylic acids is 1. The molecule has 3 aliphatic rings. The molecule has 2 saturated carbocycles. The molecule has 0 bridgehead atoms. The molecule has 1 aliphatic heterocycles. The molecule has 3 fully saturated rings. The Morgan fingerprint density at radius 2 is 1.97 bits per heavy atom. The summed E-state index contributed by atoms with van der Waals surface area (Å²) < 4.78 is 1.11. The third-order valence-electron chi connectivity index (χ3n) is 7.71. The van der Waals surface area contributed by atoms with E-state index in [-0.39, 0.29) is 5.91 Å². The first kappa shape index (κ1) is 22.9. The highest BCUT2D eigenvalue weighted by Crippen LogP contribution is 2.36. The van der Waals surface area contributed by atoms with Gasteiger partial charge in [0.25, 0.3) is 5.91 Å². The van der Waals surface area contributed by atoms with Crippen molar-refractivity contribution in [2.45, 2.75) is 70.4 Å². The van der Waals surface area contributed by atoms with Gasteiger partial charge in [-0.3, -0.25) is 4.79 Å². The summed E-state index contributed by atoms with van der Waals surface area (Å²) in [7, 11) is 0. The molecule has 35 heavy (non-hydrogen) atoms. The Labute approximate surface area is 211 Å². The van der Waals surface area contributed by atoms with Gasteiger partial charge in [-0.15, -0.1) is 11.3 Å². The predicted octanol–water partition coefficient (Wildman–Crippen LogP) is 5.63. The number of anilines is 1. The molecule has 3 heterocycles. The lowest BCUT2D eigenvalue weighted by atomic mass is 9.92. The largest absolute Gasteiger partial charge is 0.354 e. The number of benzene rings is 1. The van der Waals surface area contributed by atoms with Gasteiger partial charge in [0.05, 0.1) is 10.6 Å². The van der Waals surface area contributed by atoms with Crippen molar-refractivity contribution in [1.29, 1.82) is 0 Å². The molecule has 2 N–H and O–H groups in total. The number of amides is 1. The number of hydrogen-bond donors (Lipinski definition) is 2. The molecule has 0 spiro atoms. The van der Waals surface area contributed by atoms with E-state index in [0.717, 1.165) is 69.6 Å². The van der Waals surface area contributed by atoms with E-state index in [1.807, 2.05) is 18.3 Å². The van der Waals surface area contributed by atoms with Crippen LogP contribution in [-0.2, 0) is 0 Å². The molecule has 1 saturated heterocycles. The van der Waals surface area contributed by atoms with Crippen molar-refractivity contribution >= 4 is 33.3 Å². The second-order valence-corrected chi connectivity index (χ2v) is 11.7. The van der Waals surface area contributed by atoms with Crippen LogP contribution in [0.1, 0.15) is 67.3 Å². The summed E-state index contributed by atoms with van der Waals surface area (Å²) in [5.74, 6) is 1.59.